The summed E-state index contributed by atoms with van der Waals surface area (Å²) in [6, 6.07) is 6.64. The first-order valence-corrected chi connectivity index (χ1v) is 7.67. The Kier molecular flexibility index (Phi) is 5.36. The predicted octanol–water partition coefficient (Wildman–Crippen LogP) is 3.14. The molecular weight excluding hydrogens is 269 g/mol. The molecular formula is C17H26FNO2. The van der Waals surface area contributed by atoms with E-state index in [1.807, 2.05) is 20.8 Å². The molecule has 1 aliphatic rings. The Morgan fingerprint density at radius 1 is 1.29 bits per heavy atom. The van der Waals surface area contributed by atoms with Gasteiger partial charge in [-0.3, -0.25) is 4.90 Å². The van der Waals surface area contributed by atoms with Gasteiger partial charge in [0.05, 0.1) is 18.3 Å². The molecule has 1 fully saturated rings. The van der Waals surface area contributed by atoms with Gasteiger partial charge in [0, 0.05) is 19.1 Å². The van der Waals surface area contributed by atoms with Gasteiger partial charge < -0.3 is 9.84 Å². The maximum atomic E-state index is 12.9. The average molecular weight is 295 g/mol. The highest BCUT2D eigenvalue weighted by molar-refractivity contribution is 5.18. The van der Waals surface area contributed by atoms with Crippen LogP contribution < -0.4 is 0 Å². The Labute approximate surface area is 126 Å². The molecule has 1 aromatic carbocycles. The first-order valence-electron chi connectivity index (χ1n) is 7.67. The van der Waals surface area contributed by atoms with Crippen molar-refractivity contribution in [3.05, 3.63) is 35.6 Å². The molecule has 2 rings (SSSR count). The van der Waals surface area contributed by atoms with E-state index in [2.05, 4.69) is 4.90 Å². The molecule has 0 heterocycles. The van der Waals surface area contributed by atoms with Crippen molar-refractivity contribution < 1.29 is 14.2 Å². The summed E-state index contributed by atoms with van der Waals surface area (Å²) in [5, 5.41) is 10.3. The maximum Gasteiger partial charge on any atom is 0.123 e. The first kappa shape index (κ1) is 16.4. The number of aliphatic hydroxyl groups excluding tert-OH is 1. The number of hydrogen-bond donors (Lipinski definition) is 1. The summed E-state index contributed by atoms with van der Waals surface area (Å²) in [4.78, 5) is 2.28. The van der Waals surface area contributed by atoms with E-state index >= 15 is 0 Å². The number of nitrogens with zero attached hydrogens (tertiary/aromatic N) is 1. The third-order valence-corrected chi connectivity index (χ3v) is 3.64. The average Bonchev–Trinajstić information content (AvgIpc) is 3.21. The fourth-order valence-corrected chi connectivity index (χ4v) is 2.34. The molecule has 0 aromatic heterocycles. The van der Waals surface area contributed by atoms with Crippen LogP contribution in [0.5, 0.6) is 0 Å². The van der Waals surface area contributed by atoms with Crippen LogP contribution in [-0.4, -0.2) is 41.3 Å². The van der Waals surface area contributed by atoms with Crippen molar-refractivity contribution in [2.45, 2.75) is 51.4 Å². The van der Waals surface area contributed by atoms with Gasteiger partial charge in [-0.05, 0) is 51.3 Å². The van der Waals surface area contributed by atoms with Gasteiger partial charge in [-0.2, -0.15) is 0 Å². The van der Waals surface area contributed by atoms with Crippen molar-refractivity contribution in [1.29, 1.82) is 0 Å². The van der Waals surface area contributed by atoms with Crippen LogP contribution in [0, 0.1) is 5.82 Å². The number of benzene rings is 1. The van der Waals surface area contributed by atoms with Crippen LogP contribution >= 0.6 is 0 Å². The molecule has 21 heavy (non-hydrogen) atoms. The zero-order chi connectivity index (χ0) is 15.5. The minimum Gasteiger partial charge on any atom is -0.387 e. The van der Waals surface area contributed by atoms with Crippen LogP contribution in [0.15, 0.2) is 24.3 Å². The van der Waals surface area contributed by atoms with E-state index in [9.17, 15) is 9.50 Å². The minimum atomic E-state index is -0.583. The summed E-state index contributed by atoms with van der Waals surface area (Å²) < 4.78 is 18.7. The highest BCUT2D eigenvalue weighted by Gasteiger charge is 2.30. The Morgan fingerprint density at radius 3 is 2.43 bits per heavy atom. The zero-order valence-corrected chi connectivity index (χ0v) is 13.2. The third kappa shape index (κ3) is 5.73. The molecule has 0 bridgehead atoms. The zero-order valence-electron chi connectivity index (χ0n) is 13.2. The lowest BCUT2D eigenvalue weighted by Gasteiger charge is -2.27. The van der Waals surface area contributed by atoms with E-state index in [1.54, 1.807) is 12.1 Å². The second kappa shape index (κ2) is 6.86. The number of halogens is 1. The molecule has 0 saturated heterocycles. The number of rotatable bonds is 7. The van der Waals surface area contributed by atoms with Gasteiger partial charge in [0.25, 0.3) is 0 Å². The van der Waals surface area contributed by atoms with Gasteiger partial charge in [-0.1, -0.05) is 12.1 Å². The molecule has 1 N–H and O–H groups in total. The van der Waals surface area contributed by atoms with Gasteiger partial charge in [0.2, 0.25) is 0 Å². The van der Waals surface area contributed by atoms with Crippen LogP contribution in [0.2, 0.25) is 0 Å². The maximum absolute atomic E-state index is 12.9. The summed E-state index contributed by atoms with van der Waals surface area (Å²) >= 11 is 0. The lowest BCUT2D eigenvalue weighted by molar-refractivity contribution is -0.0185. The smallest absolute Gasteiger partial charge is 0.123 e. The quantitative estimate of drug-likeness (QED) is 0.839. The molecule has 1 saturated carbocycles. The minimum absolute atomic E-state index is 0.134. The molecule has 3 nitrogen and oxygen atoms in total. The summed E-state index contributed by atoms with van der Waals surface area (Å²) in [6.07, 6.45) is 1.79. The number of ether oxygens (including phenoxy) is 1. The van der Waals surface area contributed by atoms with Crippen molar-refractivity contribution in [1.82, 2.24) is 4.90 Å². The van der Waals surface area contributed by atoms with Gasteiger partial charge in [0.1, 0.15) is 5.82 Å². The molecule has 0 amide bonds. The van der Waals surface area contributed by atoms with Crippen LogP contribution in [0.25, 0.3) is 0 Å². The molecule has 1 aliphatic carbocycles. The Bertz CT molecular complexity index is 437. The number of aliphatic hydroxyl groups is 1. The standard InChI is InChI=1S/C17H26FNO2/c1-17(2,3)21-11-10-19(15-8-9-15)12-16(20)13-4-6-14(18)7-5-13/h4-7,15-16,20H,8-12H2,1-3H3. The molecule has 0 radical (unpaired) electrons. The van der Waals surface area contributed by atoms with Gasteiger partial charge in [-0.15, -0.1) is 0 Å². The van der Waals surface area contributed by atoms with Crippen LogP contribution in [0.4, 0.5) is 4.39 Å². The predicted molar refractivity (Wildman–Crippen MR) is 81.7 cm³/mol. The van der Waals surface area contributed by atoms with Crippen molar-refractivity contribution in [3.8, 4) is 0 Å². The summed E-state index contributed by atoms with van der Waals surface area (Å²) in [6.45, 7) is 8.19. The lowest BCUT2D eigenvalue weighted by atomic mass is 10.1. The van der Waals surface area contributed by atoms with E-state index in [4.69, 9.17) is 4.74 Å². The SMILES string of the molecule is CC(C)(C)OCCN(CC(O)c1ccc(F)cc1)C1CC1. The van der Waals surface area contributed by atoms with Crippen molar-refractivity contribution in [2.24, 2.45) is 0 Å². The fraction of sp³-hybridized carbons (Fsp3) is 0.647. The van der Waals surface area contributed by atoms with Crippen molar-refractivity contribution in [2.75, 3.05) is 19.7 Å². The second-order valence-corrected chi connectivity index (χ2v) is 6.75. The summed E-state index contributed by atoms with van der Waals surface area (Å²) in [5.74, 6) is -0.274. The van der Waals surface area contributed by atoms with Crippen molar-refractivity contribution >= 4 is 0 Å². The monoisotopic (exact) mass is 295 g/mol. The summed E-state index contributed by atoms with van der Waals surface area (Å²) in [5.41, 5.74) is 0.629. The molecule has 4 heteroatoms. The molecule has 1 aromatic rings. The van der Waals surface area contributed by atoms with Gasteiger partial charge in [-0.25, -0.2) is 4.39 Å². The Morgan fingerprint density at radius 2 is 1.90 bits per heavy atom. The normalized spacial score (nSPS) is 17.2. The Hall–Kier alpha value is -0.970. The largest absolute Gasteiger partial charge is 0.387 e. The van der Waals surface area contributed by atoms with Gasteiger partial charge >= 0.3 is 0 Å². The molecule has 1 atom stereocenters. The third-order valence-electron chi connectivity index (χ3n) is 3.64. The molecule has 118 valence electrons. The first-order chi connectivity index (χ1) is 9.85. The van der Waals surface area contributed by atoms with Crippen LogP contribution in [-0.2, 0) is 4.74 Å². The van der Waals surface area contributed by atoms with E-state index in [-0.39, 0.29) is 11.4 Å². The van der Waals surface area contributed by atoms with Crippen LogP contribution in [0.3, 0.4) is 0 Å². The van der Waals surface area contributed by atoms with Crippen LogP contribution in [0.1, 0.15) is 45.3 Å². The van der Waals surface area contributed by atoms with Crippen molar-refractivity contribution in [3.63, 3.8) is 0 Å². The van der Waals surface area contributed by atoms with Gasteiger partial charge in [0.15, 0.2) is 0 Å². The topological polar surface area (TPSA) is 32.7 Å². The highest BCUT2D eigenvalue weighted by Crippen LogP contribution is 2.28. The van der Waals surface area contributed by atoms with E-state index < -0.39 is 6.10 Å². The number of hydrogen-bond acceptors (Lipinski definition) is 3. The van der Waals surface area contributed by atoms with E-state index in [0.717, 1.165) is 12.1 Å². The molecule has 1 unspecified atom stereocenters. The molecule has 0 aliphatic heterocycles. The molecule has 0 spiro atoms. The Balaban J connectivity index is 1.86. The highest BCUT2D eigenvalue weighted by atomic mass is 19.1. The fourth-order valence-electron chi connectivity index (χ4n) is 2.34. The second-order valence-electron chi connectivity index (χ2n) is 6.75. The van der Waals surface area contributed by atoms with E-state index in [1.165, 1.54) is 25.0 Å². The lowest BCUT2D eigenvalue weighted by Crippen LogP contribution is -2.35. The summed E-state index contributed by atoms with van der Waals surface area (Å²) in [7, 11) is 0. The van der Waals surface area contributed by atoms with E-state index in [0.29, 0.717) is 19.2 Å².